The minimum atomic E-state index is 0.0107. The number of likely N-dealkylation sites (tertiary alicyclic amines) is 2. The summed E-state index contributed by atoms with van der Waals surface area (Å²) in [5, 5.41) is 0. The Labute approximate surface area is 148 Å². The van der Waals surface area contributed by atoms with E-state index in [2.05, 4.69) is 11.9 Å². The Hall–Kier alpha value is -2.11. The maximum atomic E-state index is 13.0. The van der Waals surface area contributed by atoms with Gasteiger partial charge in [-0.05, 0) is 37.8 Å². The van der Waals surface area contributed by atoms with Crippen molar-refractivity contribution in [1.82, 2.24) is 14.8 Å². The Kier molecular flexibility index (Phi) is 3.93. The minimum absolute atomic E-state index is 0.0107. The summed E-state index contributed by atoms with van der Waals surface area (Å²) in [5.74, 6) is 0.757. The van der Waals surface area contributed by atoms with Crippen molar-refractivity contribution in [3.05, 3.63) is 24.5 Å². The molecular weight excluding hydrogens is 318 g/mol. The average molecular weight is 343 g/mol. The highest BCUT2D eigenvalue weighted by Crippen LogP contribution is 2.54. The number of nitrogens with zero attached hydrogens (tertiary/aromatic N) is 3. The summed E-state index contributed by atoms with van der Waals surface area (Å²) in [6.45, 7) is 4.60. The van der Waals surface area contributed by atoms with E-state index in [-0.39, 0.29) is 42.0 Å². The number of hydrogen-bond donors (Lipinski definition) is 0. The quantitative estimate of drug-likeness (QED) is 0.840. The minimum Gasteiger partial charge on any atom is -0.482 e. The van der Waals surface area contributed by atoms with Gasteiger partial charge in [0, 0.05) is 37.2 Å². The van der Waals surface area contributed by atoms with Crippen molar-refractivity contribution in [1.29, 1.82) is 0 Å². The second kappa shape index (κ2) is 6.00. The second-order valence-electron chi connectivity index (χ2n) is 7.78. The molecule has 2 saturated heterocycles. The number of hydrogen-bond acceptors (Lipinski definition) is 4. The Morgan fingerprint density at radius 1 is 1.36 bits per heavy atom. The number of carbonyl (C=O) groups excluding carboxylic acids is 2. The Morgan fingerprint density at radius 3 is 2.88 bits per heavy atom. The first-order chi connectivity index (χ1) is 12.0. The van der Waals surface area contributed by atoms with Crippen LogP contribution in [0, 0.1) is 5.41 Å². The third kappa shape index (κ3) is 2.58. The number of amides is 2. The summed E-state index contributed by atoms with van der Waals surface area (Å²) in [4.78, 5) is 33.1. The molecule has 0 unspecified atom stereocenters. The van der Waals surface area contributed by atoms with Crippen LogP contribution in [0.25, 0.3) is 0 Å². The van der Waals surface area contributed by atoms with E-state index in [4.69, 9.17) is 4.74 Å². The van der Waals surface area contributed by atoms with E-state index in [1.54, 1.807) is 31.5 Å². The first kappa shape index (κ1) is 16.4. The van der Waals surface area contributed by atoms with Gasteiger partial charge in [-0.15, -0.1) is 0 Å². The maximum Gasteiger partial charge on any atom is 0.261 e. The van der Waals surface area contributed by atoms with Gasteiger partial charge >= 0.3 is 0 Å². The molecule has 2 amide bonds. The molecular formula is C19H25N3O3. The largest absolute Gasteiger partial charge is 0.482 e. The molecule has 1 aromatic heterocycles. The van der Waals surface area contributed by atoms with Crippen molar-refractivity contribution in [3.8, 4) is 5.75 Å². The molecule has 2 bridgehead atoms. The van der Waals surface area contributed by atoms with Crippen LogP contribution < -0.4 is 4.74 Å². The van der Waals surface area contributed by atoms with Crippen LogP contribution >= 0.6 is 0 Å². The Balaban J connectivity index is 1.54. The first-order valence-corrected chi connectivity index (χ1v) is 9.12. The van der Waals surface area contributed by atoms with Gasteiger partial charge in [-0.25, -0.2) is 0 Å². The van der Waals surface area contributed by atoms with Crippen LogP contribution in [0.15, 0.2) is 24.5 Å². The lowest BCUT2D eigenvalue weighted by molar-refractivity contribution is -0.138. The number of aromatic nitrogens is 1. The summed E-state index contributed by atoms with van der Waals surface area (Å²) in [6, 6.07) is 4.18. The summed E-state index contributed by atoms with van der Waals surface area (Å²) in [6.07, 6.45) is 7.42. The van der Waals surface area contributed by atoms with E-state index < -0.39 is 0 Å². The molecule has 3 fully saturated rings. The van der Waals surface area contributed by atoms with E-state index in [9.17, 15) is 9.59 Å². The molecule has 1 aromatic rings. The summed E-state index contributed by atoms with van der Waals surface area (Å²) in [7, 11) is 0. The maximum absolute atomic E-state index is 13.0. The molecule has 0 aromatic carbocycles. The van der Waals surface area contributed by atoms with Crippen LogP contribution in [-0.2, 0) is 9.59 Å². The third-order valence-electron chi connectivity index (χ3n) is 6.36. The second-order valence-corrected chi connectivity index (χ2v) is 7.78. The molecule has 4 atom stereocenters. The fraction of sp³-hybridized carbons (Fsp3) is 0.632. The highest BCUT2D eigenvalue weighted by atomic mass is 16.5. The van der Waals surface area contributed by atoms with Gasteiger partial charge in [-0.3, -0.25) is 14.6 Å². The average Bonchev–Trinajstić information content (AvgIpc) is 2.90. The number of rotatable bonds is 3. The SMILES string of the molecule is CC(=O)N1C[C@@H]2C[C@@]3(C)[C@H](CCC[C@@H]13)N2C(=O)COc1cccnc1. The van der Waals surface area contributed by atoms with Crippen LogP contribution in [0.5, 0.6) is 5.75 Å². The van der Waals surface area contributed by atoms with Gasteiger partial charge in [0.1, 0.15) is 5.75 Å². The molecule has 25 heavy (non-hydrogen) atoms. The van der Waals surface area contributed by atoms with Crippen molar-refractivity contribution in [2.75, 3.05) is 13.2 Å². The monoisotopic (exact) mass is 343 g/mol. The summed E-state index contributed by atoms with van der Waals surface area (Å²) < 4.78 is 5.64. The molecule has 1 saturated carbocycles. The number of pyridine rings is 1. The fourth-order valence-corrected chi connectivity index (χ4v) is 5.37. The highest BCUT2D eigenvalue weighted by Gasteiger charge is 2.61. The van der Waals surface area contributed by atoms with Gasteiger partial charge in [0.25, 0.3) is 5.91 Å². The predicted molar refractivity (Wildman–Crippen MR) is 91.9 cm³/mol. The lowest BCUT2D eigenvalue weighted by Gasteiger charge is -2.49. The fourth-order valence-electron chi connectivity index (χ4n) is 5.37. The Morgan fingerprint density at radius 2 is 2.16 bits per heavy atom. The lowest BCUT2D eigenvalue weighted by Crippen LogP contribution is -2.57. The Bertz CT molecular complexity index is 680. The van der Waals surface area contributed by atoms with Crippen LogP contribution in [0.1, 0.15) is 39.5 Å². The standard InChI is InChI=1S/C19H25N3O3/c1-13(23)21-11-14-9-19(2)16(21)6-3-7-17(19)22(14)18(24)12-25-15-5-4-8-20-10-15/h4-5,8,10,14,16-17H,3,6-7,9,11-12H2,1-2H3/t14-,16+,17-,19+/m0/s1. The molecule has 0 radical (unpaired) electrons. The van der Waals surface area contributed by atoms with Gasteiger partial charge in [0.2, 0.25) is 5.91 Å². The summed E-state index contributed by atoms with van der Waals surface area (Å²) >= 11 is 0. The van der Waals surface area contributed by atoms with Crippen molar-refractivity contribution in [2.24, 2.45) is 5.41 Å². The normalized spacial score (nSPS) is 33.3. The van der Waals surface area contributed by atoms with Crippen molar-refractivity contribution in [2.45, 2.75) is 57.7 Å². The lowest BCUT2D eigenvalue weighted by atomic mass is 9.66. The molecule has 134 valence electrons. The molecule has 6 nitrogen and oxygen atoms in total. The number of piperidine rings is 1. The zero-order chi connectivity index (χ0) is 17.6. The molecule has 1 aliphatic carbocycles. The number of fused-ring (bicyclic) bond motifs is 1. The molecule has 0 N–H and O–H groups in total. The van der Waals surface area contributed by atoms with Gasteiger partial charge in [-0.1, -0.05) is 6.92 Å². The molecule has 2 aliphatic heterocycles. The van der Waals surface area contributed by atoms with E-state index in [1.807, 2.05) is 9.80 Å². The van der Waals surface area contributed by atoms with E-state index in [0.717, 1.165) is 25.7 Å². The first-order valence-electron chi connectivity index (χ1n) is 9.12. The number of carbonyl (C=O) groups is 2. The van der Waals surface area contributed by atoms with Gasteiger partial charge in [0.15, 0.2) is 6.61 Å². The topological polar surface area (TPSA) is 62.7 Å². The molecule has 4 rings (SSSR count). The van der Waals surface area contributed by atoms with Gasteiger partial charge < -0.3 is 14.5 Å². The summed E-state index contributed by atoms with van der Waals surface area (Å²) in [5.41, 5.74) is 0.0107. The van der Waals surface area contributed by atoms with E-state index in [1.165, 1.54) is 0 Å². The molecule has 3 heterocycles. The van der Waals surface area contributed by atoms with Crippen LogP contribution in [0.2, 0.25) is 0 Å². The van der Waals surface area contributed by atoms with E-state index >= 15 is 0 Å². The van der Waals surface area contributed by atoms with Crippen LogP contribution in [0.3, 0.4) is 0 Å². The van der Waals surface area contributed by atoms with Crippen LogP contribution in [0.4, 0.5) is 0 Å². The third-order valence-corrected chi connectivity index (χ3v) is 6.36. The van der Waals surface area contributed by atoms with Crippen molar-refractivity contribution < 1.29 is 14.3 Å². The highest BCUT2D eigenvalue weighted by molar-refractivity contribution is 5.80. The van der Waals surface area contributed by atoms with Gasteiger partial charge in [0.05, 0.1) is 12.2 Å². The van der Waals surface area contributed by atoms with Gasteiger partial charge in [-0.2, -0.15) is 0 Å². The molecule has 0 spiro atoms. The van der Waals surface area contributed by atoms with Crippen molar-refractivity contribution in [3.63, 3.8) is 0 Å². The zero-order valence-corrected chi connectivity index (χ0v) is 14.9. The van der Waals surface area contributed by atoms with Crippen LogP contribution in [-0.4, -0.2) is 57.9 Å². The predicted octanol–water partition coefficient (Wildman–Crippen LogP) is 1.85. The van der Waals surface area contributed by atoms with Crippen molar-refractivity contribution >= 4 is 11.8 Å². The molecule has 6 heteroatoms. The van der Waals surface area contributed by atoms with E-state index in [0.29, 0.717) is 12.3 Å². The number of ether oxygens (including phenoxy) is 1. The zero-order valence-electron chi connectivity index (χ0n) is 14.9. The molecule has 3 aliphatic rings. The smallest absolute Gasteiger partial charge is 0.261 e.